The summed E-state index contributed by atoms with van der Waals surface area (Å²) in [6.07, 6.45) is -0.891. The molecule has 0 spiro atoms. The minimum absolute atomic E-state index is 0.392. The van der Waals surface area contributed by atoms with Gasteiger partial charge in [-0.25, -0.2) is 0 Å². The number of aliphatic hydroxyl groups excluding tert-OH is 1. The van der Waals surface area contributed by atoms with Gasteiger partial charge in [-0.05, 0) is 6.42 Å². The van der Waals surface area contributed by atoms with Crippen LogP contribution >= 0.6 is 0 Å². The van der Waals surface area contributed by atoms with Gasteiger partial charge in [-0.1, -0.05) is 6.92 Å². The van der Waals surface area contributed by atoms with Crippen LogP contribution in [0.15, 0.2) is 0 Å². The summed E-state index contributed by atoms with van der Waals surface area (Å²) in [4.78, 5) is 0. The maximum absolute atomic E-state index is 8.71. The van der Waals surface area contributed by atoms with Crippen LogP contribution in [0.1, 0.15) is 19.8 Å². The molecule has 0 saturated carbocycles. The maximum atomic E-state index is 8.71. The zero-order valence-corrected chi connectivity index (χ0v) is 5.28. The van der Waals surface area contributed by atoms with E-state index in [2.05, 4.69) is 0 Å². The molecule has 1 unspecified atom stereocenters. The summed E-state index contributed by atoms with van der Waals surface area (Å²) in [6.45, 7) is 1.68. The average molecular weight is 136 g/mol. The highest BCUT2D eigenvalue weighted by Crippen LogP contribution is 2.06. The Bertz CT molecular complexity index is 75.5. The van der Waals surface area contributed by atoms with Gasteiger partial charge in [0.15, 0.2) is 0 Å². The molecule has 0 heterocycles. The van der Waals surface area contributed by atoms with Crippen molar-refractivity contribution in [3.8, 4) is 0 Å². The summed E-state index contributed by atoms with van der Waals surface area (Å²) in [5.74, 6) is -2.73. The number of hydrogen-bond acceptors (Lipinski definition) is 4. The van der Waals surface area contributed by atoms with E-state index in [9.17, 15) is 0 Å². The molecular weight excluding hydrogens is 124 g/mol. The molecule has 0 aromatic rings. The zero-order chi connectivity index (χ0) is 7.49. The molecule has 0 aromatic heterocycles. The molecule has 0 amide bonds. The van der Waals surface area contributed by atoms with Gasteiger partial charge in [-0.15, -0.1) is 0 Å². The predicted octanol–water partition coefficient (Wildman–Crippen LogP) is -1.22. The van der Waals surface area contributed by atoms with Gasteiger partial charge in [0.1, 0.15) is 0 Å². The van der Waals surface area contributed by atoms with Crippen molar-refractivity contribution in [2.45, 2.75) is 31.8 Å². The van der Waals surface area contributed by atoms with Gasteiger partial charge in [-0.3, -0.25) is 0 Å². The van der Waals surface area contributed by atoms with Gasteiger partial charge in [0.25, 0.3) is 5.97 Å². The molecule has 4 N–H and O–H groups in total. The molecule has 4 heteroatoms. The molecule has 0 fully saturated rings. The first kappa shape index (κ1) is 8.84. The summed E-state index contributed by atoms with van der Waals surface area (Å²) in [7, 11) is 0. The third-order valence-corrected chi connectivity index (χ3v) is 0.981. The van der Waals surface area contributed by atoms with Crippen molar-refractivity contribution >= 4 is 0 Å². The van der Waals surface area contributed by atoms with Crippen LogP contribution in [-0.4, -0.2) is 32.5 Å². The Hall–Kier alpha value is -0.160. The van der Waals surface area contributed by atoms with E-state index in [1.54, 1.807) is 6.92 Å². The Morgan fingerprint density at radius 1 is 1.33 bits per heavy atom. The van der Waals surface area contributed by atoms with Crippen molar-refractivity contribution in [3.63, 3.8) is 0 Å². The summed E-state index contributed by atoms with van der Waals surface area (Å²) in [5.41, 5.74) is 0. The molecule has 0 aliphatic carbocycles. The maximum Gasteiger partial charge on any atom is 0.277 e. The fourth-order valence-electron chi connectivity index (χ4n) is 0.460. The van der Waals surface area contributed by atoms with Gasteiger partial charge in [0, 0.05) is 0 Å². The minimum Gasteiger partial charge on any atom is -0.393 e. The van der Waals surface area contributed by atoms with Crippen LogP contribution in [0.25, 0.3) is 0 Å². The van der Waals surface area contributed by atoms with Crippen LogP contribution in [0.3, 0.4) is 0 Å². The highest BCUT2D eigenvalue weighted by Gasteiger charge is 2.21. The monoisotopic (exact) mass is 136 g/mol. The Morgan fingerprint density at radius 2 is 1.78 bits per heavy atom. The van der Waals surface area contributed by atoms with Gasteiger partial charge in [0.2, 0.25) is 0 Å². The van der Waals surface area contributed by atoms with Crippen molar-refractivity contribution in [1.29, 1.82) is 0 Å². The third-order valence-electron chi connectivity index (χ3n) is 0.981. The Labute approximate surface area is 53.4 Å². The molecule has 0 bridgehead atoms. The second-order valence-electron chi connectivity index (χ2n) is 2.04. The first-order valence-electron chi connectivity index (χ1n) is 2.81. The minimum atomic E-state index is -2.73. The topological polar surface area (TPSA) is 80.9 Å². The van der Waals surface area contributed by atoms with Gasteiger partial charge in [0.05, 0.1) is 12.5 Å². The molecule has 0 saturated heterocycles. The van der Waals surface area contributed by atoms with Crippen LogP contribution in [0.4, 0.5) is 0 Å². The molecule has 4 nitrogen and oxygen atoms in total. The summed E-state index contributed by atoms with van der Waals surface area (Å²) >= 11 is 0. The van der Waals surface area contributed by atoms with E-state index >= 15 is 0 Å². The lowest BCUT2D eigenvalue weighted by atomic mass is 10.2. The molecule has 1 atom stereocenters. The summed E-state index contributed by atoms with van der Waals surface area (Å²) in [5, 5.41) is 33.5. The lowest BCUT2D eigenvalue weighted by Gasteiger charge is -2.16. The molecule has 0 rings (SSSR count). The van der Waals surface area contributed by atoms with Crippen LogP contribution in [0.5, 0.6) is 0 Å². The third kappa shape index (κ3) is 5.72. The quantitative estimate of drug-likeness (QED) is 0.366. The van der Waals surface area contributed by atoms with Gasteiger partial charge in [-0.2, -0.15) is 0 Å². The van der Waals surface area contributed by atoms with E-state index in [1.807, 2.05) is 0 Å². The first-order chi connectivity index (χ1) is 3.95. The lowest BCUT2D eigenvalue weighted by Crippen LogP contribution is -2.32. The summed E-state index contributed by atoms with van der Waals surface area (Å²) in [6, 6.07) is 0. The van der Waals surface area contributed by atoms with E-state index < -0.39 is 18.5 Å². The van der Waals surface area contributed by atoms with Crippen molar-refractivity contribution in [2.75, 3.05) is 0 Å². The van der Waals surface area contributed by atoms with E-state index in [4.69, 9.17) is 20.4 Å². The predicted molar refractivity (Wildman–Crippen MR) is 30.3 cm³/mol. The van der Waals surface area contributed by atoms with E-state index in [0.29, 0.717) is 6.42 Å². The highest BCUT2D eigenvalue weighted by atomic mass is 16.7. The Balaban J connectivity index is 3.47. The average Bonchev–Trinajstić information content (AvgIpc) is 1.62. The lowest BCUT2D eigenvalue weighted by molar-refractivity contribution is -0.322. The fourth-order valence-corrected chi connectivity index (χ4v) is 0.460. The van der Waals surface area contributed by atoms with Crippen molar-refractivity contribution < 1.29 is 20.4 Å². The molecule has 0 aromatic carbocycles. The standard InChI is InChI=1S/C5H12O4/c1-2-4(6)3-5(7,8)9/h4,6-9H,2-3H2,1H3. The van der Waals surface area contributed by atoms with Crippen LogP contribution in [-0.2, 0) is 0 Å². The molecule has 56 valence electrons. The van der Waals surface area contributed by atoms with Crippen LogP contribution < -0.4 is 0 Å². The fraction of sp³-hybridized carbons (Fsp3) is 1.00. The van der Waals surface area contributed by atoms with Crippen molar-refractivity contribution in [3.05, 3.63) is 0 Å². The second kappa shape index (κ2) is 3.12. The second-order valence-corrected chi connectivity index (χ2v) is 2.04. The van der Waals surface area contributed by atoms with Crippen LogP contribution in [0.2, 0.25) is 0 Å². The van der Waals surface area contributed by atoms with Crippen LogP contribution in [0, 0.1) is 0 Å². The largest absolute Gasteiger partial charge is 0.393 e. The molecule has 0 aliphatic rings. The molecule has 0 aliphatic heterocycles. The number of hydrogen-bond donors (Lipinski definition) is 4. The molecule has 0 radical (unpaired) electrons. The Morgan fingerprint density at radius 3 is 1.89 bits per heavy atom. The van der Waals surface area contributed by atoms with E-state index in [-0.39, 0.29) is 0 Å². The smallest absolute Gasteiger partial charge is 0.277 e. The highest BCUT2D eigenvalue weighted by molar-refractivity contribution is 4.56. The van der Waals surface area contributed by atoms with Crippen molar-refractivity contribution in [1.82, 2.24) is 0 Å². The first-order valence-corrected chi connectivity index (χ1v) is 2.81. The summed E-state index contributed by atoms with van der Waals surface area (Å²) < 4.78 is 0. The van der Waals surface area contributed by atoms with Gasteiger partial charge < -0.3 is 20.4 Å². The SMILES string of the molecule is CCC(O)CC(O)(O)O. The number of rotatable bonds is 3. The molecular formula is C5H12O4. The Kier molecular flexibility index (Phi) is 3.07. The van der Waals surface area contributed by atoms with Crippen molar-refractivity contribution in [2.24, 2.45) is 0 Å². The zero-order valence-electron chi connectivity index (χ0n) is 5.28. The van der Waals surface area contributed by atoms with E-state index in [1.165, 1.54) is 0 Å². The van der Waals surface area contributed by atoms with E-state index in [0.717, 1.165) is 0 Å². The molecule has 9 heavy (non-hydrogen) atoms. The number of aliphatic hydroxyl groups is 4. The van der Waals surface area contributed by atoms with Gasteiger partial charge >= 0.3 is 0 Å². The normalized spacial score (nSPS) is 15.7.